The summed E-state index contributed by atoms with van der Waals surface area (Å²) in [7, 11) is 0. The average Bonchev–Trinajstić information content (AvgIpc) is 4.14. The van der Waals surface area contributed by atoms with Crippen molar-refractivity contribution in [3.63, 3.8) is 0 Å². The first-order valence-corrected chi connectivity index (χ1v) is 21.5. The number of rotatable bonds is 5. The van der Waals surface area contributed by atoms with Crippen molar-refractivity contribution in [1.82, 2.24) is 27.7 Å². The Balaban J connectivity index is 0.939. The molecule has 294 valence electrons. The molecule has 5 aromatic heterocycles. The van der Waals surface area contributed by atoms with E-state index < -0.39 is 0 Å². The highest BCUT2D eigenvalue weighted by atomic mass is 15.3. The largest absolute Gasteiger partial charge is 0.309 e. The van der Waals surface area contributed by atoms with Crippen molar-refractivity contribution >= 4 is 82.5 Å². The molecular formula is C57H36N6. The molecule has 14 aromatic rings. The Hall–Kier alpha value is -8.61. The lowest BCUT2D eigenvalue weighted by molar-refractivity contribution is 1.09. The lowest BCUT2D eigenvalue weighted by Gasteiger charge is -2.10. The van der Waals surface area contributed by atoms with Gasteiger partial charge in [-0.05, 0) is 102 Å². The minimum absolute atomic E-state index is 0.879. The van der Waals surface area contributed by atoms with E-state index in [0.29, 0.717) is 0 Å². The van der Waals surface area contributed by atoms with Crippen LogP contribution in [0.15, 0.2) is 218 Å². The maximum absolute atomic E-state index is 5.48. The number of imidazole rings is 2. The lowest BCUT2D eigenvalue weighted by Crippen LogP contribution is -1.97. The molecule has 0 unspecified atom stereocenters. The van der Waals surface area contributed by atoms with Crippen LogP contribution >= 0.6 is 0 Å². The van der Waals surface area contributed by atoms with Crippen LogP contribution in [0, 0.1) is 0 Å². The first-order chi connectivity index (χ1) is 31.3. The maximum Gasteiger partial charge on any atom is 0.221 e. The summed E-state index contributed by atoms with van der Waals surface area (Å²) in [5, 5.41) is 6.15. The molecule has 5 heterocycles. The number of benzene rings is 9. The number of nitrogens with zero attached hydrogens (tertiary/aromatic N) is 6. The minimum Gasteiger partial charge on any atom is -0.309 e. The second-order valence-corrected chi connectivity index (χ2v) is 16.5. The van der Waals surface area contributed by atoms with Crippen LogP contribution in [0.25, 0.3) is 116 Å². The molecule has 0 N–H and O–H groups in total. The van der Waals surface area contributed by atoms with E-state index in [1.54, 1.807) is 0 Å². The summed E-state index contributed by atoms with van der Waals surface area (Å²) in [5.41, 5.74) is 16.9. The Morgan fingerprint density at radius 3 is 1.37 bits per heavy atom. The van der Waals surface area contributed by atoms with Gasteiger partial charge in [0.05, 0.1) is 38.6 Å². The molecule has 0 radical (unpaired) electrons. The van der Waals surface area contributed by atoms with Gasteiger partial charge in [0.25, 0.3) is 0 Å². The van der Waals surface area contributed by atoms with Crippen molar-refractivity contribution in [3.8, 4) is 33.9 Å². The van der Waals surface area contributed by atoms with Gasteiger partial charge in [-0.2, -0.15) is 0 Å². The quantitative estimate of drug-likeness (QED) is 0.171. The van der Waals surface area contributed by atoms with Gasteiger partial charge in [-0.1, -0.05) is 127 Å². The summed E-state index contributed by atoms with van der Waals surface area (Å²) in [6, 6.07) is 78.8. The van der Waals surface area contributed by atoms with Crippen LogP contribution in [0.2, 0.25) is 0 Å². The number of aromatic nitrogens is 6. The minimum atomic E-state index is 0.879. The second kappa shape index (κ2) is 12.9. The van der Waals surface area contributed by atoms with Gasteiger partial charge < -0.3 is 9.13 Å². The van der Waals surface area contributed by atoms with Gasteiger partial charge in [0.2, 0.25) is 5.78 Å². The molecule has 0 saturated carbocycles. The third kappa shape index (κ3) is 4.80. The van der Waals surface area contributed by atoms with Crippen LogP contribution < -0.4 is 0 Å². The summed E-state index contributed by atoms with van der Waals surface area (Å²) >= 11 is 0. The van der Waals surface area contributed by atoms with E-state index in [9.17, 15) is 0 Å². The number of hydrogen-bond donors (Lipinski definition) is 0. The lowest BCUT2D eigenvalue weighted by atomic mass is 10.0. The zero-order valence-corrected chi connectivity index (χ0v) is 34.0. The standard InChI is InChI=1S/C57H36N6/c1-3-15-39(16-4-1)61-52-26-14-10-22-46(52)55-56(61)63-54-34-32-42(36-48(54)58-57(63)62(55)40-17-5-2-6-18-40)60-51-25-13-9-21-45(51)47-35-38(29-33-53(47)60)37-27-30-41(31-28-37)59-49-23-11-7-19-43(49)44-20-8-12-24-50(44)59/h1-36H. The van der Waals surface area contributed by atoms with Gasteiger partial charge in [-0.15, -0.1) is 0 Å². The van der Waals surface area contributed by atoms with Crippen LogP contribution in [0.3, 0.4) is 0 Å². The number of para-hydroxylation sites is 6. The normalized spacial score (nSPS) is 12.1. The molecule has 0 atom stereocenters. The fraction of sp³-hybridized carbons (Fsp3) is 0. The Kier molecular flexibility index (Phi) is 7.02. The predicted molar refractivity (Wildman–Crippen MR) is 260 cm³/mol. The van der Waals surface area contributed by atoms with Crippen LogP contribution in [-0.4, -0.2) is 27.7 Å². The summed E-state index contributed by atoms with van der Waals surface area (Å²) in [4.78, 5) is 5.48. The van der Waals surface area contributed by atoms with Crippen molar-refractivity contribution in [3.05, 3.63) is 218 Å². The molecule has 0 aliphatic carbocycles. The maximum atomic E-state index is 5.48. The molecule has 0 bridgehead atoms. The summed E-state index contributed by atoms with van der Waals surface area (Å²) in [6.45, 7) is 0. The van der Waals surface area contributed by atoms with E-state index in [1.165, 1.54) is 49.1 Å². The van der Waals surface area contributed by atoms with Gasteiger partial charge in [0.1, 0.15) is 5.52 Å². The molecule has 9 aromatic carbocycles. The molecule has 0 spiro atoms. The fourth-order valence-corrected chi connectivity index (χ4v) is 10.4. The Morgan fingerprint density at radius 1 is 0.286 bits per heavy atom. The topological polar surface area (TPSA) is 37.0 Å². The van der Waals surface area contributed by atoms with Crippen molar-refractivity contribution in [1.29, 1.82) is 0 Å². The Morgan fingerprint density at radius 2 is 0.730 bits per heavy atom. The first-order valence-electron chi connectivity index (χ1n) is 21.5. The molecule has 0 aliphatic rings. The van der Waals surface area contributed by atoms with Gasteiger partial charge in [-0.3, -0.25) is 13.5 Å². The van der Waals surface area contributed by atoms with Gasteiger partial charge >= 0.3 is 0 Å². The summed E-state index contributed by atoms with van der Waals surface area (Å²) in [5.74, 6) is 0.879. The van der Waals surface area contributed by atoms with E-state index in [4.69, 9.17) is 4.98 Å². The number of fused-ring (bicyclic) bond motifs is 13. The van der Waals surface area contributed by atoms with Crippen LogP contribution in [0.5, 0.6) is 0 Å². The summed E-state index contributed by atoms with van der Waals surface area (Å²) < 4.78 is 11.8. The first kappa shape index (κ1) is 34.1. The zero-order chi connectivity index (χ0) is 41.2. The van der Waals surface area contributed by atoms with Crippen molar-refractivity contribution in [2.24, 2.45) is 0 Å². The van der Waals surface area contributed by atoms with Gasteiger partial charge in [-0.25, -0.2) is 4.98 Å². The van der Waals surface area contributed by atoms with Crippen molar-refractivity contribution < 1.29 is 0 Å². The van der Waals surface area contributed by atoms with E-state index >= 15 is 0 Å². The molecule has 63 heavy (non-hydrogen) atoms. The van der Waals surface area contributed by atoms with E-state index in [-0.39, 0.29) is 0 Å². The highest BCUT2D eigenvalue weighted by molar-refractivity contribution is 6.13. The van der Waals surface area contributed by atoms with E-state index in [1.807, 2.05) is 0 Å². The Labute approximate surface area is 361 Å². The van der Waals surface area contributed by atoms with Crippen LogP contribution in [0.1, 0.15) is 0 Å². The van der Waals surface area contributed by atoms with Crippen LogP contribution in [-0.2, 0) is 0 Å². The van der Waals surface area contributed by atoms with Crippen LogP contribution in [0.4, 0.5) is 0 Å². The van der Waals surface area contributed by atoms with Gasteiger partial charge in [0.15, 0.2) is 5.65 Å². The second-order valence-electron chi connectivity index (χ2n) is 16.5. The molecule has 0 aliphatic heterocycles. The smallest absolute Gasteiger partial charge is 0.221 e. The monoisotopic (exact) mass is 804 g/mol. The molecule has 6 heteroatoms. The predicted octanol–water partition coefficient (Wildman–Crippen LogP) is 14.2. The fourth-order valence-electron chi connectivity index (χ4n) is 10.4. The van der Waals surface area contributed by atoms with Crippen molar-refractivity contribution in [2.45, 2.75) is 0 Å². The molecular weight excluding hydrogens is 769 g/mol. The molecule has 14 rings (SSSR count). The van der Waals surface area contributed by atoms with Crippen molar-refractivity contribution in [2.75, 3.05) is 0 Å². The molecule has 0 saturated heterocycles. The highest BCUT2D eigenvalue weighted by Crippen LogP contribution is 2.40. The third-order valence-electron chi connectivity index (χ3n) is 13.1. The Bertz CT molecular complexity index is 4070. The molecule has 0 amide bonds. The molecule has 0 fully saturated rings. The zero-order valence-electron chi connectivity index (χ0n) is 34.0. The highest BCUT2D eigenvalue weighted by Gasteiger charge is 2.25. The van der Waals surface area contributed by atoms with E-state index in [2.05, 4.69) is 241 Å². The SMILES string of the molecule is c1ccc(-n2c3c4ccccc4n(-c4ccccc4)c3n3c4ccc(-n5c6ccccc6c6cc(-c7ccc(-n8c9ccccc9c9ccccc98)cc7)ccc65)cc4nc23)cc1. The number of hydrogen-bond acceptors (Lipinski definition) is 1. The third-order valence-corrected chi connectivity index (χ3v) is 13.1. The molecule has 6 nitrogen and oxygen atoms in total. The average molecular weight is 805 g/mol. The summed E-state index contributed by atoms with van der Waals surface area (Å²) in [6.07, 6.45) is 0. The van der Waals surface area contributed by atoms with E-state index in [0.717, 1.165) is 67.3 Å². The van der Waals surface area contributed by atoms with Gasteiger partial charge in [0, 0.05) is 49.7 Å².